The summed E-state index contributed by atoms with van der Waals surface area (Å²) in [6, 6.07) is 0. The maximum atomic E-state index is 5.64. The summed E-state index contributed by atoms with van der Waals surface area (Å²) >= 11 is 0. The van der Waals surface area contributed by atoms with Crippen LogP contribution in [0.2, 0.25) is 0 Å². The second-order valence-electron chi connectivity index (χ2n) is 3.65. The van der Waals surface area contributed by atoms with Crippen LogP contribution in [0.25, 0.3) is 0 Å². The highest BCUT2D eigenvalue weighted by Crippen LogP contribution is 2.14. The lowest BCUT2D eigenvalue weighted by Gasteiger charge is -2.38. The summed E-state index contributed by atoms with van der Waals surface area (Å²) in [6.45, 7) is 9.05. The summed E-state index contributed by atoms with van der Waals surface area (Å²) in [6.07, 6.45) is 2.11. The van der Waals surface area contributed by atoms with Gasteiger partial charge in [0.25, 0.3) is 0 Å². The van der Waals surface area contributed by atoms with Gasteiger partial charge in [-0.25, -0.2) is 0 Å². The van der Waals surface area contributed by atoms with Gasteiger partial charge in [-0.3, -0.25) is 0 Å². The van der Waals surface area contributed by atoms with Crippen molar-refractivity contribution in [2.75, 3.05) is 19.7 Å². The second-order valence-corrected chi connectivity index (χ2v) is 3.65. The van der Waals surface area contributed by atoms with Crippen LogP contribution in [0.15, 0.2) is 11.6 Å². The molecular weight excluding hydrogens is 138 g/mol. The smallest absolute Gasteiger partial charge is 0.0906 e. The fourth-order valence-electron chi connectivity index (χ4n) is 0.989. The van der Waals surface area contributed by atoms with Crippen LogP contribution >= 0.6 is 0 Å². The van der Waals surface area contributed by atoms with Crippen molar-refractivity contribution in [3.05, 3.63) is 11.6 Å². The molecule has 2 heteroatoms. The van der Waals surface area contributed by atoms with Gasteiger partial charge in [0.15, 0.2) is 0 Å². The van der Waals surface area contributed by atoms with E-state index in [4.69, 9.17) is 4.74 Å². The van der Waals surface area contributed by atoms with Crippen LogP contribution in [0.1, 0.15) is 20.8 Å². The van der Waals surface area contributed by atoms with Gasteiger partial charge in [0.1, 0.15) is 0 Å². The summed E-state index contributed by atoms with van der Waals surface area (Å²) in [5.74, 6) is 0. The molecule has 11 heavy (non-hydrogen) atoms. The molecule has 0 aromatic heterocycles. The molecular formula is C9H17NO. The molecule has 0 atom stereocenters. The lowest BCUT2D eigenvalue weighted by atomic mass is 10.0. The summed E-state index contributed by atoms with van der Waals surface area (Å²) in [4.78, 5) is 0. The van der Waals surface area contributed by atoms with Crippen LogP contribution in [0.5, 0.6) is 0 Å². The van der Waals surface area contributed by atoms with Gasteiger partial charge in [-0.2, -0.15) is 0 Å². The van der Waals surface area contributed by atoms with E-state index in [0.29, 0.717) is 0 Å². The first kappa shape index (κ1) is 8.75. The van der Waals surface area contributed by atoms with Crippen LogP contribution in [0.3, 0.4) is 0 Å². The second kappa shape index (κ2) is 3.37. The average molecular weight is 155 g/mol. The summed E-state index contributed by atoms with van der Waals surface area (Å²) < 4.78 is 5.64. The standard InChI is InChI=1S/C9H17NO/c1-8(2)4-5-11-9(3)6-10-7-9/h4,10H,5-7H2,1-3H3. The van der Waals surface area contributed by atoms with E-state index < -0.39 is 0 Å². The Morgan fingerprint density at radius 3 is 2.55 bits per heavy atom. The normalized spacial score (nSPS) is 20.6. The van der Waals surface area contributed by atoms with Crippen molar-refractivity contribution in [1.82, 2.24) is 5.32 Å². The van der Waals surface area contributed by atoms with Gasteiger partial charge in [-0.15, -0.1) is 0 Å². The number of nitrogens with one attached hydrogen (secondary N) is 1. The van der Waals surface area contributed by atoms with Crippen molar-refractivity contribution in [1.29, 1.82) is 0 Å². The highest BCUT2D eigenvalue weighted by atomic mass is 16.5. The summed E-state index contributed by atoms with van der Waals surface area (Å²) in [5, 5.41) is 3.19. The number of ether oxygens (including phenoxy) is 1. The fraction of sp³-hybridized carbons (Fsp3) is 0.778. The quantitative estimate of drug-likeness (QED) is 0.621. The molecule has 0 bridgehead atoms. The van der Waals surface area contributed by atoms with Crippen molar-refractivity contribution in [3.63, 3.8) is 0 Å². The van der Waals surface area contributed by atoms with Gasteiger partial charge >= 0.3 is 0 Å². The first-order valence-corrected chi connectivity index (χ1v) is 4.10. The lowest BCUT2D eigenvalue weighted by molar-refractivity contribution is -0.0536. The van der Waals surface area contributed by atoms with E-state index in [0.717, 1.165) is 19.7 Å². The first-order valence-electron chi connectivity index (χ1n) is 4.10. The zero-order valence-corrected chi connectivity index (χ0v) is 7.61. The minimum atomic E-state index is 0.103. The third-order valence-electron chi connectivity index (χ3n) is 1.92. The molecule has 1 fully saturated rings. The largest absolute Gasteiger partial charge is 0.369 e. The van der Waals surface area contributed by atoms with E-state index in [-0.39, 0.29) is 5.60 Å². The monoisotopic (exact) mass is 155 g/mol. The van der Waals surface area contributed by atoms with Crippen molar-refractivity contribution >= 4 is 0 Å². The predicted octanol–water partition coefficient (Wildman–Crippen LogP) is 1.33. The van der Waals surface area contributed by atoms with Crippen LogP contribution in [-0.2, 0) is 4.74 Å². The maximum Gasteiger partial charge on any atom is 0.0906 e. The third kappa shape index (κ3) is 2.64. The molecule has 1 heterocycles. The van der Waals surface area contributed by atoms with E-state index in [2.05, 4.69) is 32.2 Å². The van der Waals surface area contributed by atoms with Crippen LogP contribution in [0, 0.1) is 0 Å². The zero-order valence-electron chi connectivity index (χ0n) is 7.61. The van der Waals surface area contributed by atoms with Crippen molar-refractivity contribution in [3.8, 4) is 0 Å². The van der Waals surface area contributed by atoms with E-state index >= 15 is 0 Å². The summed E-state index contributed by atoms with van der Waals surface area (Å²) in [5.41, 5.74) is 1.42. The number of hydrogen-bond donors (Lipinski definition) is 1. The van der Waals surface area contributed by atoms with Gasteiger partial charge < -0.3 is 10.1 Å². The zero-order chi connectivity index (χ0) is 8.32. The molecule has 0 aromatic carbocycles. The van der Waals surface area contributed by atoms with E-state index in [1.807, 2.05) is 0 Å². The lowest BCUT2D eigenvalue weighted by Crippen LogP contribution is -2.59. The van der Waals surface area contributed by atoms with E-state index in [1.165, 1.54) is 5.57 Å². The maximum absolute atomic E-state index is 5.64. The molecule has 0 spiro atoms. The van der Waals surface area contributed by atoms with Gasteiger partial charge in [0.05, 0.1) is 12.2 Å². The van der Waals surface area contributed by atoms with Crippen molar-refractivity contribution < 1.29 is 4.74 Å². The molecule has 0 amide bonds. The number of rotatable bonds is 3. The van der Waals surface area contributed by atoms with E-state index in [9.17, 15) is 0 Å². The molecule has 0 unspecified atom stereocenters. The predicted molar refractivity (Wildman–Crippen MR) is 46.7 cm³/mol. The van der Waals surface area contributed by atoms with Crippen molar-refractivity contribution in [2.24, 2.45) is 0 Å². The molecule has 0 aliphatic carbocycles. The van der Waals surface area contributed by atoms with Gasteiger partial charge in [-0.05, 0) is 20.8 Å². The molecule has 1 aliphatic rings. The Morgan fingerprint density at radius 1 is 1.55 bits per heavy atom. The van der Waals surface area contributed by atoms with E-state index in [1.54, 1.807) is 0 Å². The Hall–Kier alpha value is -0.340. The van der Waals surface area contributed by atoms with Gasteiger partial charge in [0.2, 0.25) is 0 Å². The SMILES string of the molecule is CC(C)=CCOC1(C)CNC1. The van der Waals surface area contributed by atoms with Gasteiger partial charge in [0, 0.05) is 13.1 Å². The molecule has 64 valence electrons. The topological polar surface area (TPSA) is 21.3 Å². The molecule has 1 aliphatic heterocycles. The molecule has 2 nitrogen and oxygen atoms in total. The Morgan fingerprint density at radius 2 is 2.18 bits per heavy atom. The molecule has 0 radical (unpaired) electrons. The Bertz CT molecular complexity index is 155. The number of hydrogen-bond acceptors (Lipinski definition) is 2. The van der Waals surface area contributed by atoms with Crippen LogP contribution in [0.4, 0.5) is 0 Å². The summed E-state index contributed by atoms with van der Waals surface area (Å²) in [7, 11) is 0. The minimum absolute atomic E-state index is 0.103. The Balaban J connectivity index is 2.16. The molecule has 1 rings (SSSR count). The van der Waals surface area contributed by atoms with Crippen LogP contribution in [-0.4, -0.2) is 25.3 Å². The third-order valence-corrected chi connectivity index (χ3v) is 1.92. The first-order chi connectivity index (χ1) is 5.12. The molecule has 0 aromatic rings. The molecule has 1 N–H and O–H groups in total. The minimum Gasteiger partial charge on any atom is -0.369 e. The molecule has 1 saturated heterocycles. The fourth-order valence-corrected chi connectivity index (χ4v) is 0.989. The van der Waals surface area contributed by atoms with Crippen molar-refractivity contribution in [2.45, 2.75) is 26.4 Å². The Kier molecular flexibility index (Phi) is 2.68. The number of allylic oxidation sites excluding steroid dienone is 1. The Labute approximate surface area is 68.6 Å². The highest BCUT2D eigenvalue weighted by molar-refractivity contribution is 4.96. The molecule has 0 saturated carbocycles. The highest BCUT2D eigenvalue weighted by Gasteiger charge is 2.31. The van der Waals surface area contributed by atoms with Crippen LogP contribution < -0.4 is 5.32 Å². The average Bonchev–Trinajstić information content (AvgIpc) is 1.83. The van der Waals surface area contributed by atoms with Gasteiger partial charge in [-0.1, -0.05) is 11.6 Å².